The zero-order chi connectivity index (χ0) is 16.7. The number of hydrogen-bond acceptors (Lipinski definition) is 4. The number of phenolic OH excluding ortho intramolecular Hbond substituents is 1. The van der Waals surface area contributed by atoms with E-state index in [-0.39, 0.29) is 34.2 Å². The molecule has 0 unspecified atom stereocenters. The summed E-state index contributed by atoms with van der Waals surface area (Å²) in [5, 5.41) is 10.1. The van der Waals surface area contributed by atoms with Crippen LogP contribution in [0.1, 0.15) is 31.8 Å². The van der Waals surface area contributed by atoms with Crippen LogP contribution < -0.4 is 4.74 Å². The van der Waals surface area contributed by atoms with E-state index in [4.69, 9.17) is 4.74 Å². The van der Waals surface area contributed by atoms with E-state index in [1.807, 2.05) is 18.2 Å². The van der Waals surface area contributed by atoms with Crippen molar-refractivity contribution >= 4 is 11.6 Å². The Morgan fingerprint density at radius 2 is 1.25 bits per heavy atom. The third kappa shape index (κ3) is 2.08. The molecule has 0 radical (unpaired) electrons. The van der Waals surface area contributed by atoms with Gasteiger partial charge >= 0.3 is 0 Å². The van der Waals surface area contributed by atoms with Crippen molar-refractivity contribution in [3.8, 4) is 17.2 Å². The molecule has 0 atom stereocenters. The number of hydrogen-bond donors (Lipinski definition) is 1. The fourth-order valence-corrected chi connectivity index (χ4v) is 2.88. The lowest BCUT2D eigenvalue weighted by Gasteiger charge is -2.20. The quantitative estimate of drug-likeness (QED) is 0.608. The molecule has 0 saturated heterocycles. The highest BCUT2D eigenvalue weighted by Gasteiger charge is 2.34. The fraction of sp³-hybridized carbons (Fsp3) is 0. The van der Waals surface area contributed by atoms with Gasteiger partial charge in [0.2, 0.25) is 0 Å². The van der Waals surface area contributed by atoms with Gasteiger partial charge in [0.1, 0.15) is 17.2 Å². The third-order valence-corrected chi connectivity index (χ3v) is 3.99. The molecule has 0 heterocycles. The molecule has 0 fully saturated rings. The Hall–Kier alpha value is -3.40. The monoisotopic (exact) mass is 316 g/mol. The third-order valence-electron chi connectivity index (χ3n) is 3.99. The molecule has 116 valence electrons. The molecule has 3 aromatic carbocycles. The van der Waals surface area contributed by atoms with Gasteiger partial charge in [0.25, 0.3) is 0 Å². The minimum atomic E-state index is -0.379. The number of para-hydroxylation sites is 1. The van der Waals surface area contributed by atoms with Gasteiger partial charge in [0.05, 0.1) is 11.1 Å². The van der Waals surface area contributed by atoms with Gasteiger partial charge in [0, 0.05) is 11.1 Å². The predicted octanol–water partition coefficient (Wildman–Crippen LogP) is 3.96. The van der Waals surface area contributed by atoms with Gasteiger partial charge in [-0.05, 0) is 24.3 Å². The van der Waals surface area contributed by atoms with Gasteiger partial charge in [-0.15, -0.1) is 0 Å². The molecule has 0 amide bonds. The second-order valence-corrected chi connectivity index (χ2v) is 5.45. The lowest BCUT2D eigenvalue weighted by atomic mass is 9.83. The van der Waals surface area contributed by atoms with Crippen LogP contribution >= 0.6 is 0 Å². The number of rotatable bonds is 2. The van der Waals surface area contributed by atoms with Crippen LogP contribution in [0, 0.1) is 0 Å². The SMILES string of the molecule is O=C1c2ccccc2C(=O)c2c(Oc3ccccc3)ccc(O)c21. The van der Waals surface area contributed by atoms with Crippen LogP contribution in [0.15, 0.2) is 66.7 Å². The summed E-state index contributed by atoms with van der Waals surface area (Å²) in [5.74, 6) is -0.136. The van der Waals surface area contributed by atoms with Crippen molar-refractivity contribution in [2.45, 2.75) is 0 Å². The minimum Gasteiger partial charge on any atom is -0.507 e. The highest BCUT2D eigenvalue weighted by Crippen LogP contribution is 2.39. The summed E-state index contributed by atoms with van der Waals surface area (Å²) >= 11 is 0. The zero-order valence-corrected chi connectivity index (χ0v) is 12.5. The Morgan fingerprint density at radius 3 is 1.92 bits per heavy atom. The van der Waals surface area contributed by atoms with E-state index in [0.29, 0.717) is 16.9 Å². The van der Waals surface area contributed by atoms with Gasteiger partial charge in [-0.2, -0.15) is 0 Å². The van der Waals surface area contributed by atoms with E-state index in [1.54, 1.807) is 36.4 Å². The molecule has 0 spiro atoms. The maximum atomic E-state index is 12.9. The van der Waals surface area contributed by atoms with E-state index >= 15 is 0 Å². The summed E-state index contributed by atoms with van der Waals surface area (Å²) in [7, 11) is 0. The summed E-state index contributed by atoms with van der Waals surface area (Å²) in [5.41, 5.74) is 0.704. The van der Waals surface area contributed by atoms with Crippen LogP contribution in [0.2, 0.25) is 0 Å². The number of aromatic hydroxyl groups is 1. The van der Waals surface area contributed by atoms with Crippen molar-refractivity contribution in [2.24, 2.45) is 0 Å². The summed E-state index contributed by atoms with van der Waals surface area (Å²) < 4.78 is 5.78. The lowest BCUT2D eigenvalue weighted by Crippen LogP contribution is -2.21. The minimum absolute atomic E-state index is 0.00729. The standard InChI is InChI=1S/C20H12O4/c21-15-10-11-16(24-12-6-2-1-3-7-12)18-17(15)19(22)13-8-4-5-9-14(13)20(18)23/h1-11,21H. The van der Waals surface area contributed by atoms with Crippen LogP contribution in [-0.4, -0.2) is 16.7 Å². The molecular formula is C20H12O4. The summed E-state index contributed by atoms with van der Waals surface area (Å²) in [6, 6.07) is 18.4. The number of carbonyl (C=O) groups excluding carboxylic acids is 2. The smallest absolute Gasteiger partial charge is 0.198 e. The molecule has 1 N–H and O–H groups in total. The zero-order valence-electron chi connectivity index (χ0n) is 12.5. The molecule has 0 aromatic heterocycles. The van der Waals surface area contributed by atoms with Crippen LogP contribution in [0.25, 0.3) is 0 Å². The molecule has 1 aliphatic rings. The Bertz CT molecular complexity index is 974. The summed E-state index contributed by atoms with van der Waals surface area (Å²) in [6.45, 7) is 0. The number of phenols is 1. The summed E-state index contributed by atoms with van der Waals surface area (Å²) in [4.78, 5) is 25.6. The van der Waals surface area contributed by atoms with Crippen molar-refractivity contribution in [2.75, 3.05) is 0 Å². The van der Waals surface area contributed by atoms with Gasteiger partial charge in [-0.25, -0.2) is 0 Å². The normalized spacial score (nSPS) is 12.5. The van der Waals surface area contributed by atoms with E-state index in [0.717, 1.165) is 0 Å². The first-order chi connectivity index (χ1) is 11.7. The van der Waals surface area contributed by atoms with E-state index in [2.05, 4.69) is 0 Å². The first-order valence-electron chi connectivity index (χ1n) is 7.44. The van der Waals surface area contributed by atoms with Crippen LogP contribution in [0.3, 0.4) is 0 Å². The molecule has 24 heavy (non-hydrogen) atoms. The fourth-order valence-electron chi connectivity index (χ4n) is 2.88. The highest BCUT2D eigenvalue weighted by atomic mass is 16.5. The lowest BCUT2D eigenvalue weighted by molar-refractivity contribution is 0.0974. The molecule has 4 rings (SSSR count). The van der Waals surface area contributed by atoms with Gasteiger partial charge < -0.3 is 9.84 Å². The van der Waals surface area contributed by atoms with Crippen molar-refractivity contribution in [3.05, 3.63) is 89.0 Å². The summed E-state index contributed by atoms with van der Waals surface area (Å²) in [6.07, 6.45) is 0. The first kappa shape index (κ1) is 14.2. The van der Waals surface area contributed by atoms with Crippen LogP contribution in [0.5, 0.6) is 17.2 Å². The van der Waals surface area contributed by atoms with Crippen LogP contribution in [0.4, 0.5) is 0 Å². The molecule has 0 saturated carbocycles. The number of ether oxygens (including phenoxy) is 1. The second-order valence-electron chi connectivity index (χ2n) is 5.45. The topological polar surface area (TPSA) is 63.6 Å². The van der Waals surface area contributed by atoms with Gasteiger partial charge in [-0.1, -0.05) is 42.5 Å². The molecule has 1 aliphatic carbocycles. The molecular weight excluding hydrogens is 304 g/mol. The van der Waals surface area contributed by atoms with Crippen molar-refractivity contribution in [3.63, 3.8) is 0 Å². The van der Waals surface area contributed by atoms with Crippen molar-refractivity contribution in [1.29, 1.82) is 0 Å². The first-order valence-corrected chi connectivity index (χ1v) is 7.44. The number of fused-ring (bicyclic) bond motifs is 2. The Labute approximate surface area is 138 Å². The number of benzene rings is 3. The molecule has 3 aromatic rings. The van der Waals surface area contributed by atoms with E-state index in [9.17, 15) is 14.7 Å². The van der Waals surface area contributed by atoms with E-state index in [1.165, 1.54) is 12.1 Å². The predicted molar refractivity (Wildman–Crippen MR) is 87.9 cm³/mol. The average molecular weight is 316 g/mol. The van der Waals surface area contributed by atoms with Crippen molar-refractivity contribution < 1.29 is 19.4 Å². The van der Waals surface area contributed by atoms with Crippen LogP contribution in [-0.2, 0) is 0 Å². The van der Waals surface area contributed by atoms with Gasteiger partial charge in [0.15, 0.2) is 11.6 Å². The van der Waals surface area contributed by atoms with Gasteiger partial charge in [-0.3, -0.25) is 9.59 Å². The number of ketones is 2. The van der Waals surface area contributed by atoms with E-state index < -0.39 is 0 Å². The maximum Gasteiger partial charge on any atom is 0.198 e. The Kier molecular flexibility index (Phi) is 3.17. The Morgan fingerprint density at radius 1 is 0.667 bits per heavy atom. The largest absolute Gasteiger partial charge is 0.507 e. The second kappa shape index (κ2) is 5.35. The average Bonchev–Trinajstić information content (AvgIpc) is 2.62. The molecule has 4 heteroatoms. The molecule has 0 aliphatic heterocycles. The molecule has 0 bridgehead atoms. The number of carbonyl (C=O) groups is 2. The maximum absolute atomic E-state index is 12.9. The van der Waals surface area contributed by atoms with Crippen molar-refractivity contribution in [1.82, 2.24) is 0 Å². The Balaban J connectivity index is 1.92. The highest BCUT2D eigenvalue weighted by molar-refractivity contribution is 6.30. The molecule has 4 nitrogen and oxygen atoms in total.